The first kappa shape index (κ1) is 10.6. The molecule has 3 rings (SSSR count). The summed E-state index contributed by atoms with van der Waals surface area (Å²) in [5, 5.41) is 4.52. The van der Waals surface area contributed by atoms with Crippen LogP contribution < -0.4 is 5.46 Å². The van der Waals surface area contributed by atoms with Gasteiger partial charge in [-0.25, -0.2) is 0 Å². The van der Waals surface area contributed by atoms with E-state index in [0.717, 1.165) is 0 Å². The second-order valence-electron chi connectivity index (χ2n) is 5.46. The van der Waals surface area contributed by atoms with Crippen molar-refractivity contribution in [2.75, 3.05) is 0 Å². The molecule has 0 bridgehead atoms. The number of nitrogens with zero attached hydrogens (tertiary/aromatic N) is 2. The zero-order valence-electron chi connectivity index (χ0n) is 10.4. The molecule has 1 atom stereocenters. The van der Waals surface area contributed by atoms with Crippen molar-refractivity contribution in [2.24, 2.45) is 5.41 Å². The summed E-state index contributed by atoms with van der Waals surface area (Å²) in [5.41, 5.74) is 2.99. The molecule has 0 amide bonds. The van der Waals surface area contributed by atoms with E-state index >= 15 is 0 Å². The van der Waals surface area contributed by atoms with E-state index in [9.17, 15) is 0 Å². The van der Waals surface area contributed by atoms with Crippen molar-refractivity contribution in [3.8, 4) is 0 Å². The summed E-state index contributed by atoms with van der Waals surface area (Å²) >= 11 is 0. The number of hydrogen-bond donors (Lipinski definition) is 0. The Morgan fingerprint density at radius 2 is 2.00 bits per heavy atom. The first-order chi connectivity index (χ1) is 8.19. The molecule has 1 heterocycles. The second kappa shape index (κ2) is 3.76. The zero-order chi connectivity index (χ0) is 11.9. The van der Waals surface area contributed by atoms with Crippen LogP contribution in [0.3, 0.4) is 0 Å². The fourth-order valence-corrected chi connectivity index (χ4v) is 2.55. The largest absolute Gasteiger partial charge is 0.265 e. The van der Waals surface area contributed by atoms with Crippen molar-refractivity contribution in [1.29, 1.82) is 0 Å². The number of rotatable bonds is 3. The van der Waals surface area contributed by atoms with Crippen LogP contribution in [0.5, 0.6) is 0 Å². The van der Waals surface area contributed by atoms with Crippen LogP contribution in [0.25, 0.3) is 0 Å². The quantitative estimate of drug-likeness (QED) is 0.723. The van der Waals surface area contributed by atoms with E-state index in [2.05, 4.69) is 61.1 Å². The summed E-state index contributed by atoms with van der Waals surface area (Å²) in [6.45, 7) is 2.36. The van der Waals surface area contributed by atoms with E-state index in [-0.39, 0.29) is 0 Å². The average Bonchev–Trinajstić information content (AvgIpc) is 2.92. The first-order valence-electron chi connectivity index (χ1n) is 6.25. The van der Waals surface area contributed by atoms with Gasteiger partial charge in [0.25, 0.3) is 0 Å². The Balaban J connectivity index is 2.04. The van der Waals surface area contributed by atoms with E-state index in [1.165, 1.54) is 23.9 Å². The molecule has 0 aliphatic heterocycles. The van der Waals surface area contributed by atoms with E-state index < -0.39 is 0 Å². The highest BCUT2D eigenvalue weighted by atomic mass is 15.3. The van der Waals surface area contributed by atoms with Gasteiger partial charge in [0.05, 0.1) is 6.04 Å². The van der Waals surface area contributed by atoms with Crippen LogP contribution in [0.15, 0.2) is 42.7 Å². The summed E-state index contributed by atoms with van der Waals surface area (Å²) in [7, 11) is 2.10. The molecule has 1 fully saturated rings. The molecule has 0 N–H and O–H groups in total. The molecule has 1 aliphatic carbocycles. The molecule has 2 nitrogen and oxygen atoms in total. The Morgan fingerprint density at radius 3 is 2.53 bits per heavy atom. The Kier molecular flexibility index (Phi) is 2.35. The van der Waals surface area contributed by atoms with Crippen molar-refractivity contribution < 1.29 is 0 Å². The van der Waals surface area contributed by atoms with Crippen molar-refractivity contribution in [3.63, 3.8) is 0 Å². The van der Waals surface area contributed by atoms with Gasteiger partial charge >= 0.3 is 0 Å². The topological polar surface area (TPSA) is 17.8 Å². The fourth-order valence-electron chi connectivity index (χ4n) is 2.55. The van der Waals surface area contributed by atoms with E-state index in [0.29, 0.717) is 11.5 Å². The van der Waals surface area contributed by atoms with Crippen LogP contribution >= 0.6 is 0 Å². The van der Waals surface area contributed by atoms with Crippen molar-refractivity contribution in [2.45, 2.75) is 25.8 Å². The maximum absolute atomic E-state index is 4.52. The maximum Gasteiger partial charge on any atom is 0.143 e. The number of benzene rings is 1. The molecule has 0 saturated heterocycles. The highest BCUT2D eigenvalue weighted by Crippen LogP contribution is 2.55. The van der Waals surface area contributed by atoms with Crippen LogP contribution in [0.1, 0.15) is 31.4 Å². The molecule has 0 radical (unpaired) electrons. The summed E-state index contributed by atoms with van der Waals surface area (Å²) in [6, 6.07) is 11.1. The molecule has 1 aromatic carbocycles. The zero-order valence-corrected chi connectivity index (χ0v) is 10.4. The lowest BCUT2D eigenvalue weighted by Crippen LogP contribution is -2.20. The monoisotopic (exact) mass is 224 g/mol. The van der Waals surface area contributed by atoms with E-state index in [1.54, 1.807) is 0 Å². The smallest absolute Gasteiger partial charge is 0.143 e. The Morgan fingerprint density at radius 1 is 1.29 bits per heavy atom. The molecule has 86 valence electrons. The van der Waals surface area contributed by atoms with Gasteiger partial charge in [-0.15, -0.1) is 0 Å². The normalized spacial score (nSPS) is 18.9. The van der Waals surface area contributed by atoms with Gasteiger partial charge in [-0.3, -0.25) is 4.68 Å². The SMILES string of the molecule is Bc1cnn(C(c2ccccc2)C2(C)CC2)c1. The van der Waals surface area contributed by atoms with Crippen LogP contribution in [-0.2, 0) is 0 Å². The Labute approximate surface area is 103 Å². The predicted molar refractivity (Wildman–Crippen MR) is 72.3 cm³/mol. The minimum Gasteiger partial charge on any atom is -0.265 e. The van der Waals surface area contributed by atoms with E-state index in [4.69, 9.17) is 0 Å². The van der Waals surface area contributed by atoms with Crippen LogP contribution in [-0.4, -0.2) is 17.6 Å². The van der Waals surface area contributed by atoms with Gasteiger partial charge in [0.15, 0.2) is 0 Å². The van der Waals surface area contributed by atoms with Gasteiger partial charge in [-0.05, 0) is 23.8 Å². The fraction of sp³-hybridized carbons (Fsp3) is 0.357. The molecular weight excluding hydrogens is 207 g/mol. The molecule has 1 unspecified atom stereocenters. The van der Waals surface area contributed by atoms with Gasteiger partial charge in [0, 0.05) is 12.4 Å². The maximum atomic E-state index is 4.52. The van der Waals surface area contributed by atoms with Crippen LogP contribution in [0.2, 0.25) is 0 Å². The molecule has 1 aliphatic rings. The van der Waals surface area contributed by atoms with Gasteiger partial charge in [-0.1, -0.05) is 42.7 Å². The van der Waals surface area contributed by atoms with Gasteiger partial charge in [0.1, 0.15) is 7.85 Å². The molecule has 0 spiro atoms. The molecule has 1 saturated carbocycles. The first-order valence-corrected chi connectivity index (χ1v) is 6.25. The highest BCUT2D eigenvalue weighted by molar-refractivity contribution is 6.31. The van der Waals surface area contributed by atoms with Crippen molar-refractivity contribution >= 4 is 13.3 Å². The number of hydrogen-bond acceptors (Lipinski definition) is 1. The standard InChI is InChI=1S/C14H17BN2/c1-14(7-8-14)13(11-5-3-2-4-6-11)17-10-12(15)9-16-17/h2-6,9-10,13H,7-8,15H2,1H3. The molecule has 3 heteroatoms. The minimum absolute atomic E-state index is 0.386. The molecular formula is C14H17BN2. The van der Waals surface area contributed by atoms with E-state index in [1.807, 2.05) is 6.20 Å². The lowest BCUT2D eigenvalue weighted by atomic mass is 9.92. The van der Waals surface area contributed by atoms with Gasteiger partial charge in [-0.2, -0.15) is 5.10 Å². The third-order valence-corrected chi connectivity index (χ3v) is 3.81. The minimum atomic E-state index is 0.386. The van der Waals surface area contributed by atoms with Crippen LogP contribution in [0.4, 0.5) is 0 Å². The summed E-state index contributed by atoms with van der Waals surface area (Å²) in [5.74, 6) is 0. The van der Waals surface area contributed by atoms with Crippen molar-refractivity contribution in [1.82, 2.24) is 9.78 Å². The summed E-state index contributed by atoms with van der Waals surface area (Å²) in [6.07, 6.45) is 6.69. The molecule has 2 aromatic rings. The molecule has 1 aromatic heterocycles. The molecule has 17 heavy (non-hydrogen) atoms. The summed E-state index contributed by atoms with van der Waals surface area (Å²) in [4.78, 5) is 0. The average molecular weight is 224 g/mol. The Hall–Kier alpha value is -1.51. The van der Waals surface area contributed by atoms with Gasteiger partial charge < -0.3 is 0 Å². The van der Waals surface area contributed by atoms with Gasteiger partial charge in [0.2, 0.25) is 0 Å². The highest BCUT2D eigenvalue weighted by Gasteiger charge is 2.46. The van der Waals surface area contributed by atoms with Crippen LogP contribution in [0, 0.1) is 5.41 Å². The third-order valence-electron chi connectivity index (χ3n) is 3.81. The lowest BCUT2D eigenvalue weighted by Gasteiger charge is -2.24. The second-order valence-corrected chi connectivity index (χ2v) is 5.46. The predicted octanol–water partition coefficient (Wildman–Crippen LogP) is 1.53. The third kappa shape index (κ3) is 1.90. The summed E-state index contributed by atoms with van der Waals surface area (Å²) < 4.78 is 2.14. The van der Waals surface area contributed by atoms with Crippen molar-refractivity contribution in [3.05, 3.63) is 48.3 Å². The lowest BCUT2D eigenvalue weighted by molar-refractivity contribution is 0.357. The Bertz CT molecular complexity index is 514. The number of aromatic nitrogens is 2.